The van der Waals surface area contributed by atoms with Crippen molar-refractivity contribution in [3.05, 3.63) is 109 Å². The van der Waals surface area contributed by atoms with Gasteiger partial charge in [0.05, 0.1) is 11.4 Å². The second kappa shape index (κ2) is 9.11. The topological polar surface area (TPSA) is 50.0 Å². The molecule has 0 bridgehead atoms. The quantitative estimate of drug-likeness (QED) is 0.315. The predicted octanol–water partition coefficient (Wildman–Crippen LogP) is 7.35. The molecule has 1 radical (unpaired) electrons. The average molecular weight is 460 g/mol. The molecule has 0 atom stereocenters. The SMILES string of the molecule is CC(C)(C)C1=NN(c2ccc(-c3ccccc3)cc2)C(=O)N(c2ccc(-c3ccccc3)cc2)[N]1. The summed E-state index contributed by atoms with van der Waals surface area (Å²) in [5.74, 6) is 0.580. The molecule has 5 nitrogen and oxygen atoms in total. The number of nitrogens with zero attached hydrogens (tertiary/aromatic N) is 4. The lowest BCUT2D eigenvalue weighted by molar-refractivity contribution is 0.248. The van der Waals surface area contributed by atoms with E-state index in [2.05, 4.69) is 34.8 Å². The number of amidine groups is 1. The fraction of sp³-hybridized carbons (Fsp3) is 0.133. The molecule has 0 fully saturated rings. The zero-order valence-corrected chi connectivity index (χ0v) is 20.1. The molecular formula is C30H27N4O. The second-order valence-electron chi connectivity index (χ2n) is 9.51. The van der Waals surface area contributed by atoms with E-state index in [4.69, 9.17) is 0 Å². The van der Waals surface area contributed by atoms with Crippen molar-refractivity contribution in [1.29, 1.82) is 0 Å². The molecule has 35 heavy (non-hydrogen) atoms. The molecule has 1 aliphatic heterocycles. The van der Waals surface area contributed by atoms with E-state index in [9.17, 15) is 4.79 Å². The van der Waals surface area contributed by atoms with Crippen molar-refractivity contribution in [1.82, 2.24) is 5.43 Å². The molecule has 0 aliphatic carbocycles. The number of rotatable bonds is 4. The summed E-state index contributed by atoms with van der Waals surface area (Å²) in [7, 11) is 0. The Kier molecular flexibility index (Phi) is 5.83. The summed E-state index contributed by atoms with van der Waals surface area (Å²) < 4.78 is 0. The normalized spacial score (nSPS) is 13.9. The highest BCUT2D eigenvalue weighted by Gasteiger charge is 2.36. The smallest absolute Gasteiger partial charge is 0.244 e. The van der Waals surface area contributed by atoms with Gasteiger partial charge in [-0.1, -0.05) is 106 Å². The van der Waals surface area contributed by atoms with Crippen LogP contribution in [0.5, 0.6) is 0 Å². The largest absolute Gasteiger partial charge is 0.370 e. The van der Waals surface area contributed by atoms with Crippen LogP contribution in [0.25, 0.3) is 22.3 Å². The van der Waals surface area contributed by atoms with Crippen LogP contribution in [-0.4, -0.2) is 11.9 Å². The highest BCUT2D eigenvalue weighted by atomic mass is 16.2. The lowest BCUT2D eigenvalue weighted by Gasteiger charge is -2.35. The Morgan fingerprint density at radius 3 is 1.37 bits per heavy atom. The van der Waals surface area contributed by atoms with Gasteiger partial charge in [-0.3, -0.25) is 0 Å². The third-order valence-electron chi connectivity index (χ3n) is 5.86. The van der Waals surface area contributed by atoms with E-state index in [0.29, 0.717) is 17.2 Å². The van der Waals surface area contributed by atoms with Crippen LogP contribution in [0.4, 0.5) is 16.2 Å². The molecule has 1 aliphatic rings. The van der Waals surface area contributed by atoms with Crippen molar-refractivity contribution in [3.63, 3.8) is 0 Å². The molecule has 0 unspecified atom stereocenters. The van der Waals surface area contributed by atoms with Crippen LogP contribution in [0.15, 0.2) is 114 Å². The molecule has 0 N–H and O–H groups in total. The van der Waals surface area contributed by atoms with E-state index in [0.717, 1.165) is 22.3 Å². The molecule has 2 amide bonds. The fourth-order valence-electron chi connectivity index (χ4n) is 3.87. The summed E-state index contributed by atoms with van der Waals surface area (Å²) in [6.45, 7) is 6.12. The Labute approximate surface area is 206 Å². The second-order valence-corrected chi connectivity index (χ2v) is 9.51. The average Bonchev–Trinajstić information content (AvgIpc) is 2.89. The third-order valence-corrected chi connectivity index (χ3v) is 5.86. The summed E-state index contributed by atoms with van der Waals surface area (Å²) in [5, 5.41) is 7.52. The standard InChI is InChI=1S/C30H27N4O/c1-30(2,3)28-31-33(26-18-14-24(15-19-26)22-10-6-4-7-11-22)29(35)34(32-28)27-20-16-25(17-21-27)23-12-8-5-9-13-23/h4-21H,1-3H3. The van der Waals surface area contributed by atoms with Crippen LogP contribution in [0, 0.1) is 5.41 Å². The van der Waals surface area contributed by atoms with E-state index in [1.54, 1.807) is 0 Å². The van der Waals surface area contributed by atoms with Gasteiger partial charge in [0, 0.05) is 5.41 Å². The van der Waals surface area contributed by atoms with E-state index >= 15 is 0 Å². The maximum Gasteiger partial charge on any atom is 0.370 e. The zero-order chi connectivity index (χ0) is 24.4. The molecule has 173 valence electrons. The van der Waals surface area contributed by atoms with Crippen LogP contribution in [0.1, 0.15) is 20.8 Å². The van der Waals surface area contributed by atoms with E-state index < -0.39 is 0 Å². The van der Waals surface area contributed by atoms with Gasteiger partial charge in [0.2, 0.25) is 0 Å². The molecule has 1 heterocycles. The highest BCUT2D eigenvalue weighted by Crippen LogP contribution is 2.30. The number of amides is 2. The monoisotopic (exact) mass is 459 g/mol. The van der Waals surface area contributed by atoms with Crippen LogP contribution >= 0.6 is 0 Å². The molecule has 0 saturated carbocycles. The van der Waals surface area contributed by atoms with Crippen molar-refractivity contribution in [2.24, 2.45) is 10.5 Å². The van der Waals surface area contributed by atoms with E-state index in [-0.39, 0.29) is 11.4 Å². The number of carbonyl (C=O) groups excluding carboxylic acids is 1. The van der Waals surface area contributed by atoms with Gasteiger partial charge in [0.25, 0.3) is 0 Å². The van der Waals surface area contributed by atoms with Crippen LogP contribution in [0.3, 0.4) is 0 Å². The minimum atomic E-state index is -0.342. The zero-order valence-electron chi connectivity index (χ0n) is 20.1. The van der Waals surface area contributed by atoms with Crippen molar-refractivity contribution in [2.45, 2.75) is 20.8 Å². The Bertz CT molecular complexity index is 1340. The van der Waals surface area contributed by atoms with Gasteiger partial charge < -0.3 is 0 Å². The summed E-state index contributed by atoms with van der Waals surface area (Å²) in [5.41, 5.74) is 10.1. The summed E-state index contributed by atoms with van der Waals surface area (Å²) in [6, 6.07) is 35.7. The van der Waals surface area contributed by atoms with Gasteiger partial charge in [-0.2, -0.15) is 10.0 Å². The lowest BCUT2D eigenvalue weighted by atomic mass is 9.95. The Morgan fingerprint density at radius 1 is 0.543 bits per heavy atom. The van der Waals surface area contributed by atoms with Gasteiger partial charge in [-0.25, -0.2) is 4.79 Å². The molecule has 5 heteroatoms. The molecule has 4 aromatic rings. The van der Waals surface area contributed by atoms with Crippen molar-refractivity contribution >= 4 is 23.2 Å². The van der Waals surface area contributed by atoms with Gasteiger partial charge in [-0.15, -0.1) is 10.5 Å². The minimum Gasteiger partial charge on any atom is -0.244 e. The summed E-state index contributed by atoms with van der Waals surface area (Å²) in [4.78, 5) is 13.6. The maximum atomic E-state index is 13.6. The van der Waals surface area contributed by atoms with Crippen molar-refractivity contribution in [2.75, 3.05) is 10.0 Å². The molecule has 0 spiro atoms. The first kappa shape index (κ1) is 22.4. The molecular weight excluding hydrogens is 432 g/mol. The summed E-state index contributed by atoms with van der Waals surface area (Å²) in [6.07, 6.45) is 0. The molecule has 0 aromatic heterocycles. The maximum absolute atomic E-state index is 13.6. The lowest BCUT2D eigenvalue weighted by Crippen LogP contribution is -2.55. The van der Waals surface area contributed by atoms with E-state index in [1.807, 2.05) is 106 Å². The number of hydrazone groups is 1. The number of hydrogen-bond acceptors (Lipinski definition) is 2. The predicted molar refractivity (Wildman–Crippen MR) is 143 cm³/mol. The first-order valence-corrected chi connectivity index (χ1v) is 11.7. The first-order valence-electron chi connectivity index (χ1n) is 11.7. The minimum absolute atomic E-state index is 0.321. The fourth-order valence-corrected chi connectivity index (χ4v) is 3.87. The number of hydrogen-bond donors (Lipinski definition) is 0. The highest BCUT2D eigenvalue weighted by molar-refractivity contribution is 6.09. The number of anilines is 2. The number of benzene rings is 4. The molecule has 4 aromatic carbocycles. The van der Waals surface area contributed by atoms with Crippen LogP contribution in [-0.2, 0) is 0 Å². The van der Waals surface area contributed by atoms with E-state index in [1.165, 1.54) is 10.0 Å². The van der Waals surface area contributed by atoms with Crippen molar-refractivity contribution in [3.8, 4) is 22.3 Å². The van der Waals surface area contributed by atoms with Gasteiger partial charge in [0.15, 0.2) is 5.84 Å². The van der Waals surface area contributed by atoms with Crippen molar-refractivity contribution < 1.29 is 4.79 Å². The number of urea groups is 1. The Hall–Kier alpha value is -4.38. The van der Waals surface area contributed by atoms with Gasteiger partial charge in [0.1, 0.15) is 0 Å². The molecule has 0 saturated heterocycles. The number of carbonyl (C=O) groups is 1. The summed E-state index contributed by atoms with van der Waals surface area (Å²) >= 11 is 0. The van der Waals surface area contributed by atoms with Gasteiger partial charge >= 0.3 is 6.03 Å². The van der Waals surface area contributed by atoms with Crippen LogP contribution < -0.4 is 15.4 Å². The Balaban J connectivity index is 1.47. The first-order chi connectivity index (χ1) is 16.9. The van der Waals surface area contributed by atoms with Crippen LogP contribution in [0.2, 0.25) is 0 Å². The third kappa shape index (κ3) is 4.66. The van der Waals surface area contributed by atoms with Gasteiger partial charge in [-0.05, 0) is 46.5 Å². The Morgan fingerprint density at radius 2 is 0.943 bits per heavy atom. The molecule has 5 rings (SSSR count).